The van der Waals surface area contributed by atoms with Crippen LogP contribution in [0.4, 0.5) is 0 Å². The predicted octanol–water partition coefficient (Wildman–Crippen LogP) is 2.64. The topological polar surface area (TPSA) is 70.1 Å². The molecule has 0 spiro atoms. The lowest BCUT2D eigenvalue weighted by atomic mass is 9.91. The number of carbonyl (C=O) groups is 1. The average Bonchev–Trinajstić information content (AvgIpc) is 2.99. The first kappa shape index (κ1) is 18.5. The van der Waals surface area contributed by atoms with E-state index in [4.69, 9.17) is 0 Å². The number of amidine groups is 1. The quantitative estimate of drug-likeness (QED) is 0.780. The number of piperidine rings is 1. The Hall–Kier alpha value is -1.89. The average molecular weight is 390 g/mol. The number of sulfonamides is 1. The largest absolute Gasteiger partial charge is 0.355 e. The molecule has 0 radical (unpaired) electrons. The zero-order valence-corrected chi connectivity index (χ0v) is 16.6. The molecule has 3 aliphatic rings. The van der Waals surface area contributed by atoms with Crippen LogP contribution in [-0.4, -0.2) is 56.1 Å². The number of carbonyl (C=O) groups excluding carboxylic acids is 1. The van der Waals surface area contributed by atoms with Gasteiger partial charge >= 0.3 is 0 Å². The third kappa shape index (κ3) is 3.49. The highest BCUT2D eigenvalue weighted by molar-refractivity contribution is 7.90. The number of likely N-dealkylation sites (tertiary alicyclic amines) is 1. The maximum absolute atomic E-state index is 13.1. The monoisotopic (exact) mass is 389 g/mol. The Balaban J connectivity index is 1.51. The minimum Gasteiger partial charge on any atom is -0.355 e. The van der Waals surface area contributed by atoms with Gasteiger partial charge in [-0.15, -0.1) is 4.40 Å². The Morgan fingerprint density at radius 1 is 1.11 bits per heavy atom. The summed E-state index contributed by atoms with van der Waals surface area (Å²) >= 11 is 0. The van der Waals surface area contributed by atoms with Crippen LogP contribution in [0, 0.1) is 5.92 Å². The molecule has 0 bridgehead atoms. The highest BCUT2D eigenvalue weighted by atomic mass is 32.2. The van der Waals surface area contributed by atoms with Gasteiger partial charge < -0.3 is 9.80 Å². The summed E-state index contributed by atoms with van der Waals surface area (Å²) in [6.07, 6.45) is 7.58. The van der Waals surface area contributed by atoms with Crippen LogP contribution in [0.3, 0.4) is 0 Å². The fourth-order valence-corrected chi connectivity index (χ4v) is 5.85. The molecule has 0 N–H and O–H groups in total. The lowest BCUT2D eigenvalue weighted by Crippen LogP contribution is -2.48. The summed E-state index contributed by atoms with van der Waals surface area (Å²) in [6.45, 7) is 1.28. The van der Waals surface area contributed by atoms with Crippen LogP contribution < -0.4 is 0 Å². The summed E-state index contributed by atoms with van der Waals surface area (Å²) in [6, 6.07) is 7.31. The van der Waals surface area contributed by atoms with E-state index in [1.807, 2.05) is 22.9 Å². The Morgan fingerprint density at radius 2 is 1.85 bits per heavy atom. The molecule has 6 nitrogen and oxygen atoms in total. The predicted molar refractivity (Wildman–Crippen MR) is 104 cm³/mol. The number of amides is 1. The van der Waals surface area contributed by atoms with Gasteiger partial charge in [-0.2, -0.15) is 8.42 Å². The number of nitrogens with zero attached hydrogens (tertiary/aromatic N) is 3. The van der Waals surface area contributed by atoms with Gasteiger partial charge in [0.15, 0.2) is 5.84 Å². The maximum atomic E-state index is 13.1. The Kier molecular flexibility index (Phi) is 4.97. The van der Waals surface area contributed by atoms with Crippen molar-refractivity contribution in [1.29, 1.82) is 0 Å². The molecular formula is C20H27N3O3S. The van der Waals surface area contributed by atoms with Crippen molar-refractivity contribution in [3.05, 3.63) is 29.8 Å². The smallest absolute Gasteiger partial charge is 0.285 e. The molecule has 1 saturated heterocycles. The summed E-state index contributed by atoms with van der Waals surface area (Å²) in [7, 11) is -1.69. The molecule has 0 aromatic heterocycles. The first-order chi connectivity index (χ1) is 13.0. The van der Waals surface area contributed by atoms with Crippen LogP contribution in [0.2, 0.25) is 0 Å². The van der Waals surface area contributed by atoms with E-state index in [9.17, 15) is 13.2 Å². The minimum atomic E-state index is -3.62. The van der Waals surface area contributed by atoms with Gasteiger partial charge in [0.2, 0.25) is 5.91 Å². The molecule has 27 heavy (non-hydrogen) atoms. The highest BCUT2D eigenvalue weighted by Gasteiger charge is 2.36. The fourth-order valence-electron chi connectivity index (χ4n) is 4.62. The van der Waals surface area contributed by atoms with E-state index in [-0.39, 0.29) is 16.7 Å². The molecular weight excluding hydrogens is 362 g/mol. The molecule has 4 rings (SSSR count). The minimum absolute atomic E-state index is 0.0937. The van der Waals surface area contributed by atoms with Crippen LogP contribution in [-0.2, 0) is 14.8 Å². The summed E-state index contributed by atoms with van der Waals surface area (Å²) in [5, 5.41) is 0. The molecule has 1 amide bonds. The van der Waals surface area contributed by atoms with Crippen molar-refractivity contribution >= 4 is 21.8 Å². The van der Waals surface area contributed by atoms with E-state index in [1.54, 1.807) is 18.2 Å². The van der Waals surface area contributed by atoms with Crippen molar-refractivity contribution < 1.29 is 13.2 Å². The van der Waals surface area contributed by atoms with E-state index < -0.39 is 10.0 Å². The molecule has 1 aromatic rings. The molecule has 1 saturated carbocycles. The second-order valence-corrected chi connectivity index (χ2v) is 9.48. The molecule has 2 aliphatic heterocycles. The van der Waals surface area contributed by atoms with E-state index in [2.05, 4.69) is 4.40 Å². The molecule has 146 valence electrons. The number of hydrogen-bond acceptors (Lipinski definition) is 4. The van der Waals surface area contributed by atoms with Crippen molar-refractivity contribution in [3.63, 3.8) is 0 Å². The van der Waals surface area contributed by atoms with Gasteiger partial charge in [0.1, 0.15) is 4.90 Å². The van der Waals surface area contributed by atoms with Crippen LogP contribution >= 0.6 is 0 Å². The van der Waals surface area contributed by atoms with Gasteiger partial charge in [-0.3, -0.25) is 4.79 Å². The van der Waals surface area contributed by atoms with E-state index in [0.717, 1.165) is 32.2 Å². The second kappa shape index (κ2) is 7.26. The molecule has 7 heteroatoms. The molecule has 2 fully saturated rings. The molecule has 1 aliphatic carbocycles. The summed E-state index contributed by atoms with van der Waals surface area (Å²) in [5.74, 6) is 0.605. The first-order valence-corrected chi connectivity index (χ1v) is 11.4. The lowest BCUT2D eigenvalue weighted by molar-refractivity contribution is -0.138. The number of hydrogen-bond donors (Lipinski definition) is 0. The maximum Gasteiger partial charge on any atom is 0.285 e. The summed E-state index contributed by atoms with van der Waals surface area (Å²) in [5.41, 5.74) is 0.659. The Morgan fingerprint density at radius 3 is 2.63 bits per heavy atom. The van der Waals surface area contributed by atoms with Gasteiger partial charge in [-0.1, -0.05) is 31.4 Å². The number of benzene rings is 1. The zero-order valence-electron chi connectivity index (χ0n) is 15.8. The summed E-state index contributed by atoms with van der Waals surface area (Å²) in [4.78, 5) is 17.3. The third-order valence-corrected chi connectivity index (χ3v) is 7.48. The normalized spacial score (nSPS) is 25.0. The summed E-state index contributed by atoms with van der Waals surface area (Å²) < 4.78 is 28.7. The highest BCUT2D eigenvalue weighted by Crippen LogP contribution is 2.31. The van der Waals surface area contributed by atoms with Gasteiger partial charge in [0.25, 0.3) is 10.0 Å². The van der Waals surface area contributed by atoms with Gasteiger partial charge in [-0.05, 0) is 37.8 Å². The molecule has 1 atom stereocenters. The van der Waals surface area contributed by atoms with Crippen molar-refractivity contribution in [3.8, 4) is 0 Å². The SMILES string of the molecule is CN(C(=O)C1CCCN(C2=NS(=O)(=O)c3ccccc32)C1)C1CCCCC1. The van der Waals surface area contributed by atoms with E-state index >= 15 is 0 Å². The van der Waals surface area contributed by atoms with Gasteiger partial charge in [0.05, 0.1) is 5.92 Å². The fraction of sp³-hybridized carbons (Fsp3) is 0.600. The number of fused-ring (bicyclic) bond motifs is 1. The van der Waals surface area contributed by atoms with Gasteiger partial charge in [-0.25, -0.2) is 0 Å². The first-order valence-electron chi connectivity index (χ1n) is 9.93. The van der Waals surface area contributed by atoms with Crippen molar-refractivity contribution in [2.75, 3.05) is 20.1 Å². The third-order valence-electron chi connectivity index (χ3n) is 6.15. The molecule has 1 aromatic carbocycles. The Labute approximate surface area is 161 Å². The standard InChI is InChI=1S/C20H27N3O3S/c1-22(16-9-3-2-4-10-16)20(24)15-8-7-13-23(14-15)19-17-11-5-6-12-18(17)27(25,26)21-19/h5-6,11-12,15-16H,2-4,7-10,13-14H2,1H3. The van der Waals surface area contributed by atoms with E-state index in [1.165, 1.54) is 19.3 Å². The van der Waals surface area contributed by atoms with Crippen molar-refractivity contribution in [2.45, 2.75) is 55.9 Å². The van der Waals surface area contributed by atoms with Crippen molar-refractivity contribution in [1.82, 2.24) is 9.80 Å². The zero-order chi connectivity index (χ0) is 19.0. The molecule has 1 unspecified atom stereocenters. The van der Waals surface area contributed by atoms with Crippen LogP contribution in [0.5, 0.6) is 0 Å². The van der Waals surface area contributed by atoms with Crippen LogP contribution in [0.15, 0.2) is 33.6 Å². The van der Waals surface area contributed by atoms with Crippen molar-refractivity contribution in [2.24, 2.45) is 10.3 Å². The van der Waals surface area contributed by atoms with Crippen LogP contribution in [0.1, 0.15) is 50.5 Å². The van der Waals surface area contributed by atoms with Gasteiger partial charge in [0, 0.05) is 31.7 Å². The second-order valence-electron chi connectivity index (χ2n) is 7.91. The number of rotatable bonds is 2. The van der Waals surface area contributed by atoms with E-state index in [0.29, 0.717) is 24.0 Å². The molecule has 2 heterocycles. The van der Waals surface area contributed by atoms with Crippen LogP contribution in [0.25, 0.3) is 0 Å². The Bertz CT molecular complexity index is 859. The lowest BCUT2D eigenvalue weighted by Gasteiger charge is -2.38.